The lowest BCUT2D eigenvalue weighted by Gasteiger charge is -1.98. The maximum atomic E-state index is 10.6. The highest BCUT2D eigenvalue weighted by Gasteiger charge is 2.29. The Hall–Kier alpha value is -0.900. The van der Waals surface area contributed by atoms with Gasteiger partial charge in [-0.3, -0.25) is 14.9 Å². The maximum Gasteiger partial charge on any atom is 0.328 e. The first-order valence-electron chi connectivity index (χ1n) is 2.70. The van der Waals surface area contributed by atoms with Gasteiger partial charge in [0.15, 0.2) is 11.8 Å². The van der Waals surface area contributed by atoms with Crippen molar-refractivity contribution in [3.63, 3.8) is 0 Å². The molecule has 1 heterocycles. The van der Waals surface area contributed by atoms with Crippen LogP contribution in [0.15, 0.2) is 0 Å². The highest BCUT2D eigenvalue weighted by Crippen LogP contribution is 1.99. The zero-order valence-corrected chi connectivity index (χ0v) is 4.76. The van der Waals surface area contributed by atoms with Crippen LogP contribution in [0.1, 0.15) is 6.42 Å². The quantitative estimate of drug-likeness (QED) is 0.446. The van der Waals surface area contributed by atoms with E-state index < -0.39 is 12.0 Å². The Balaban J connectivity index is 2.60. The van der Waals surface area contributed by atoms with Crippen molar-refractivity contribution < 1.29 is 14.7 Å². The fraction of sp³-hybridized carbons (Fsp3) is 0.600. The number of hydrogen-bond acceptors (Lipinski definition) is 3. The minimum Gasteiger partial charge on any atom is -0.480 e. The van der Waals surface area contributed by atoms with E-state index >= 15 is 0 Å². The van der Waals surface area contributed by atoms with Gasteiger partial charge in [0.2, 0.25) is 0 Å². The van der Waals surface area contributed by atoms with Crippen LogP contribution in [-0.4, -0.2) is 29.4 Å². The average molecular weight is 129 g/mol. The molecule has 0 saturated carbocycles. The van der Waals surface area contributed by atoms with E-state index in [1.165, 1.54) is 0 Å². The van der Waals surface area contributed by atoms with E-state index in [1.54, 1.807) is 0 Å². The number of hydrogen-bond donors (Lipinski definition) is 2. The molecular formula is C5H7NO3. The fourth-order valence-corrected chi connectivity index (χ4v) is 0.823. The van der Waals surface area contributed by atoms with Gasteiger partial charge in [0.1, 0.15) is 0 Å². The summed E-state index contributed by atoms with van der Waals surface area (Å²) >= 11 is 0. The fourth-order valence-electron chi connectivity index (χ4n) is 0.823. The Labute approximate surface area is 51.9 Å². The number of carboxylic acids is 1. The SMILES string of the molecule is O=C(O)[C@@H]1NCCC1=O. The van der Waals surface area contributed by atoms with E-state index in [0.717, 1.165) is 0 Å². The van der Waals surface area contributed by atoms with E-state index in [1.807, 2.05) is 0 Å². The van der Waals surface area contributed by atoms with Crippen LogP contribution in [-0.2, 0) is 9.59 Å². The minimum absolute atomic E-state index is 0.220. The molecule has 0 aromatic heterocycles. The molecule has 0 aromatic carbocycles. The van der Waals surface area contributed by atoms with Gasteiger partial charge in [0, 0.05) is 13.0 Å². The third-order valence-corrected chi connectivity index (χ3v) is 1.29. The number of aliphatic carboxylic acids is 1. The Morgan fingerprint density at radius 2 is 2.44 bits per heavy atom. The molecular weight excluding hydrogens is 122 g/mol. The molecule has 1 saturated heterocycles. The molecule has 0 radical (unpaired) electrons. The summed E-state index contributed by atoms with van der Waals surface area (Å²) in [6.45, 7) is 0.496. The summed E-state index contributed by atoms with van der Waals surface area (Å²) in [5.74, 6) is -1.29. The molecule has 1 atom stereocenters. The van der Waals surface area contributed by atoms with Crippen LogP contribution in [0.25, 0.3) is 0 Å². The minimum atomic E-state index is -1.07. The molecule has 0 spiro atoms. The van der Waals surface area contributed by atoms with Gasteiger partial charge in [-0.05, 0) is 0 Å². The van der Waals surface area contributed by atoms with Crippen molar-refractivity contribution in [3.05, 3.63) is 0 Å². The molecule has 1 aliphatic rings. The monoisotopic (exact) mass is 129 g/mol. The van der Waals surface area contributed by atoms with Crippen LogP contribution in [0.3, 0.4) is 0 Å². The molecule has 0 bridgehead atoms. The van der Waals surface area contributed by atoms with Crippen LogP contribution in [0.5, 0.6) is 0 Å². The predicted molar refractivity (Wildman–Crippen MR) is 29.1 cm³/mol. The van der Waals surface area contributed by atoms with E-state index in [0.29, 0.717) is 13.0 Å². The average Bonchev–Trinajstić information content (AvgIpc) is 2.13. The van der Waals surface area contributed by atoms with Crippen molar-refractivity contribution >= 4 is 11.8 Å². The molecule has 0 aliphatic carbocycles. The zero-order chi connectivity index (χ0) is 6.85. The number of carbonyl (C=O) groups is 2. The number of Topliss-reactive ketones (excluding diaryl/α,β-unsaturated/α-hetero) is 1. The second kappa shape index (κ2) is 2.14. The lowest BCUT2D eigenvalue weighted by molar-refractivity contribution is -0.141. The lowest BCUT2D eigenvalue weighted by Crippen LogP contribution is -2.35. The summed E-state index contributed by atoms with van der Waals surface area (Å²) in [5.41, 5.74) is 0. The third-order valence-electron chi connectivity index (χ3n) is 1.29. The lowest BCUT2D eigenvalue weighted by atomic mass is 10.2. The highest BCUT2D eigenvalue weighted by atomic mass is 16.4. The predicted octanol–water partition coefficient (Wildman–Crippen LogP) is -0.998. The van der Waals surface area contributed by atoms with E-state index in [9.17, 15) is 9.59 Å². The Bertz CT molecular complexity index is 154. The smallest absolute Gasteiger partial charge is 0.328 e. The molecule has 4 heteroatoms. The highest BCUT2D eigenvalue weighted by molar-refractivity contribution is 6.03. The van der Waals surface area contributed by atoms with Gasteiger partial charge in [0.05, 0.1) is 0 Å². The van der Waals surface area contributed by atoms with Crippen molar-refractivity contribution in [2.45, 2.75) is 12.5 Å². The summed E-state index contributed by atoms with van der Waals surface area (Å²) in [6.07, 6.45) is 0.344. The number of nitrogens with one attached hydrogen (secondary N) is 1. The zero-order valence-electron chi connectivity index (χ0n) is 4.76. The van der Waals surface area contributed by atoms with Gasteiger partial charge < -0.3 is 5.11 Å². The standard InChI is InChI=1S/C5H7NO3/c7-3-1-2-6-4(3)5(8)9/h4,6H,1-2H2,(H,8,9)/t4-/m1/s1. The largest absolute Gasteiger partial charge is 0.480 e. The van der Waals surface area contributed by atoms with E-state index in [4.69, 9.17) is 5.11 Å². The molecule has 1 rings (SSSR count). The first-order valence-corrected chi connectivity index (χ1v) is 2.70. The van der Waals surface area contributed by atoms with E-state index in [2.05, 4.69) is 5.32 Å². The topological polar surface area (TPSA) is 66.4 Å². The molecule has 1 aliphatic heterocycles. The summed E-state index contributed by atoms with van der Waals surface area (Å²) in [6, 6.07) is -0.940. The van der Waals surface area contributed by atoms with Gasteiger partial charge >= 0.3 is 5.97 Å². The summed E-state index contributed by atoms with van der Waals surface area (Å²) in [7, 11) is 0. The van der Waals surface area contributed by atoms with Gasteiger partial charge in [-0.25, -0.2) is 0 Å². The third kappa shape index (κ3) is 1.08. The molecule has 4 nitrogen and oxygen atoms in total. The van der Waals surface area contributed by atoms with Crippen LogP contribution < -0.4 is 5.32 Å². The van der Waals surface area contributed by atoms with Crippen molar-refractivity contribution in [2.75, 3.05) is 6.54 Å². The van der Waals surface area contributed by atoms with Crippen LogP contribution in [0.4, 0.5) is 0 Å². The molecule has 9 heavy (non-hydrogen) atoms. The second-order valence-electron chi connectivity index (χ2n) is 1.94. The van der Waals surface area contributed by atoms with Gasteiger partial charge in [-0.1, -0.05) is 0 Å². The van der Waals surface area contributed by atoms with E-state index in [-0.39, 0.29) is 5.78 Å². The van der Waals surface area contributed by atoms with Crippen molar-refractivity contribution in [1.82, 2.24) is 5.32 Å². The Morgan fingerprint density at radius 1 is 1.78 bits per heavy atom. The second-order valence-corrected chi connectivity index (χ2v) is 1.94. The molecule has 0 aromatic rings. The number of carboxylic acid groups (broad SMARTS) is 1. The van der Waals surface area contributed by atoms with Crippen LogP contribution in [0.2, 0.25) is 0 Å². The van der Waals surface area contributed by atoms with Crippen LogP contribution in [0, 0.1) is 0 Å². The summed E-state index contributed by atoms with van der Waals surface area (Å²) in [4.78, 5) is 20.7. The number of ketones is 1. The van der Waals surface area contributed by atoms with Crippen LogP contribution >= 0.6 is 0 Å². The molecule has 0 unspecified atom stereocenters. The maximum absolute atomic E-state index is 10.6. The Kier molecular flexibility index (Phi) is 1.48. The number of carbonyl (C=O) groups excluding carboxylic acids is 1. The van der Waals surface area contributed by atoms with Crippen molar-refractivity contribution in [3.8, 4) is 0 Å². The van der Waals surface area contributed by atoms with Gasteiger partial charge in [0.25, 0.3) is 0 Å². The molecule has 50 valence electrons. The molecule has 1 fully saturated rings. The van der Waals surface area contributed by atoms with Gasteiger partial charge in [-0.2, -0.15) is 0 Å². The Morgan fingerprint density at radius 3 is 2.67 bits per heavy atom. The first-order chi connectivity index (χ1) is 4.22. The van der Waals surface area contributed by atoms with Gasteiger partial charge in [-0.15, -0.1) is 0 Å². The van der Waals surface area contributed by atoms with Crippen molar-refractivity contribution in [2.24, 2.45) is 0 Å². The molecule has 0 amide bonds. The molecule has 2 N–H and O–H groups in total. The van der Waals surface area contributed by atoms with Crippen molar-refractivity contribution in [1.29, 1.82) is 0 Å². The normalized spacial score (nSPS) is 26.7. The number of rotatable bonds is 1. The summed E-state index contributed by atoms with van der Waals surface area (Å²) in [5, 5.41) is 10.9. The first kappa shape index (κ1) is 6.22. The summed E-state index contributed by atoms with van der Waals surface area (Å²) < 4.78 is 0.